The zero-order valence-corrected chi connectivity index (χ0v) is 20.4. The van der Waals surface area contributed by atoms with E-state index in [-0.39, 0.29) is 17.9 Å². The van der Waals surface area contributed by atoms with Gasteiger partial charge in [-0.25, -0.2) is 0 Å². The average Bonchev–Trinajstić information content (AvgIpc) is 2.76. The van der Waals surface area contributed by atoms with Crippen LogP contribution in [-0.2, 0) is 21.9 Å². The molecule has 168 valence electrons. The van der Waals surface area contributed by atoms with E-state index in [9.17, 15) is 9.59 Å². The van der Waals surface area contributed by atoms with Gasteiger partial charge in [-0.05, 0) is 55.5 Å². The molecule has 0 aliphatic rings. The van der Waals surface area contributed by atoms with Crippen molar-refractivity contribution < 1.29 is 9.59 Å². The van der Waals surface area contributed by atoms with Crippen molar-refractivity contribution >= 4 is 35.2 Å². The molecule has 0 radical (unpaired) electrons. The lowest BCUT2D eigenvalue weighted by atomic mass is 10.1. The zero-order chi connectivity index (χ0) is 22.8. The van der Waals surface area contributed by atoms with Gasteiger partial charge < -0.3 is 10.2 Å². The molecule has 1 N–H and O–H groups in total. The Morgan fingerprint density at radius 3 is 2.35 bits per heavy atom. The molecule has 0 fully saturated rings. The Kier molecular flexibility index (Phi) is 10.4. The summed E-state index contributed by atoms with van der Waals surface area (Å²) >= 11 is 7.50. The lowest BCUT2D eigenvalue weighted by Crippen LogP contribution is -2.51. The first-order valence-corrected chi connectivity index (χ1v) is 12.4. The first kappa shape index (κ1) is 25.3. The van der Waals surface area contributed by atoms with Gasteiger partial charge in [0.15, 0.2) is 0 Å². The maximum atomic E-state index is 13.3. The van der Waals surface area contributed by atoms with Crippen molar-refractivity contribution in [1.29, 1.82) is 0 Å². The van der Waals surface area contributed by atoms with Gasteiger partial charge in [0, 0.05) is 23.4 Å². The van der Waals surface area contributed by atoms with Crippen LogP contribution in [0.2, 0.25) is 5.02 Å². The number of aryl methyl sites for hydroxylation is 1. The smallest absolute Gasteiger partial charge is 0.243 e. The van der Waals surface area contributed by atoms with E-state index in [1.165, 1.54) is 0 Å². The molecule has 0 aromatic heterocycles. The standard InChI is InChI=1S/C25H33ClN2O2S/c1-5-19(4)27-25(30)23(6-2)28(15-21-10-8-7-9-18(21)3)24(29)17-31-16-20-11-13-22(26)14-12-20/h7-14,19,23H,5-6,15-17H2,1-4H3,(H,27,30)/t19-,23-/m1/s1. The maximum absolute atomic E-state index is 13.3. The molecule has 6 heteroatoms. The van der Waals surface area contributed by atoms with Gasteiger partial charge in [0.05, 0.1) is 5.75 Å². The van der Waals surface area contributed by atoms with Gasteiger partial charge in [0.1, 0.15) is 6.04 Å². The molecule has 0 bridgehead atoms. The van der Waals surface area contributed by atoms with Crippen LogP contribution < -0.4 is 5.32 Å². The number of amides is 2. The molecular formula is C25H33ClN2O2S. The van der Waals surface area contributed by atoms with E-state index in [1.54, 1.807) is 16.7 Å². The van der Waals surface area contributed by atoms with Crippen molar-refractivity contribution in [2.75, 3.05) is 5.75 Å². The third-order valence-corrected chi connectivity index (χ3v) is 6.64. The largest absolute Gasteiger partial charge is 0.352 e. The van der Waals surface area contributed by atoms with Gasteiger partial charge in [-0.3, -0.25) is 9.59 Å². The van der Waals surface area contributed by atoms with Crippen molar-refractivity contribution in [2.45, 2.75) is 64.9 Å². The Bertz CT molecular complexity index is 857. The van der Waals surface area contributed by atoms with Crippen LogP contribution >= 0.6 is 23.4 Å². The van der Waals surface area contributed by atoms with Crippen LogP contribution in [0.1, 0.15) is 50.3 Å². The van der Waals surface area contributed by atoms with Crippen LogP contribution in [0.3, 0.4) is 0 Å². The van der Waals surface area contributed by atoms with E-state index in [0.717, 1.165) is 28.9 Å². The summed E-state index contributed by atoms with van der Waals surface area (Å²) < 4.78 is 0. The summed E-state index contributed by atoms with van der Waals surface area (Å²) in [6.45, 7) is 8.45. The lowest BCUT2D eigenvalue weighted by Gasteiger charge is -2.32. The van der Waals surface area contributed by atoms with Crippen LogP contribution in [-0.4, -0.2) is 34.6 Å². The number of halogens is 1. The van der Waals surface area contributed by atoms with E-state index in [0.29, 0.717) is 23.7 Å². The minimum absolute atomic E-state index is 0.0200. The second kappa shape index (κ2) is 12.8. The number of carbonyl (C=O) groups excluding carboxylic acids is 2. The number of thioether (sulfide) groups is 1. The number of nitrogens with zero attached hydrogens (tertiary/aromatic N) is 1. The molecule has 2 aromatic carbocycles. The van der Waals surface area contributed by atoms with Crippen LogP contribution in [0.5, 0.6) is 0 Å². The maximum Gasteiger partial charge on any atom is 0.243 e. The number of nitrogens with one attached hydrogen (secondary N) is 1. The van der Waals surface area contributed by atoms with Crippen LogP contribution in [0, 0.1) is 6.92 Å². The summed E-state index contributed by atoms with van der Waals surface area (Å²) in [5.74, 6) is 0.938. The van der Waals surface area contributed by atoms with Gasteiger partial charge in [0.25, 0.3) is 0 Å². The van der Waals surface area contributed by atoms with Crippen molar-refractivity contribution in [2.24, 2.45) is 0 Å². The molecule has 0 spiro atoms. The second-order valence-corrected chi connectivity index (χ2v) is 9.23. The van der Waals surface area contributed by atoms with Gasteiger partial charge >= 0.3 is 0 Å². The van der Waals surface area contributed by atoms with Crippen molar-refractivity contribution in [1.82, 2.24) is 10.2 Å². The highest BCUT2D eigenvalue weighted by molar-refractivity contribution is 7.99. The SMILES string of the molecule is CC[C@@H](C)NC(=O)[C@@H](CC)N(Cc1ccccc1C)C(=O)CSCc1ccc(Cl)cc1. The van der Waals surface area contributed by atoms with E-state index >= 15 is 0 Å². The van der Waals surface area contributed by atoms with Gasteiger partial charge in [0.2, 0.25) is 11.8 Å². The van der Waals surface area contributed by atoms with E-state index in [1.807, 2.05) is 76.2 Å². The topological polar surface area (TPSA) is 49.4 Å². The third-order valence-electron chi connectivity index (χ3n) is 5.40. The Balaban J connectivity index is 2.14. The van der Waals surface area contributed by atoms with Gasteiger partial charge in [-0.15, -0.1) is 11.8 Å². The molecule has 2 aromatic rings. The fourth-order valence-corrected chi connectivity index (χ4v) is 4.25. The lowest BCUT2D eigenvalue weighted by molar-refractivity contribution is -0.139. The summed E-state index contributed by atoms with van der Waals surface area (Å²) in [4.78, 5) is 28.0. The fourth-order valence-electron chi connectivity index (χ4n) is 3.25. The molecule has 2 rings (SSSR count). The molecule has 0 saturated carbocycles. The Hall–Kier alpha value is -1.98. The Labute approximate surface area is 195 Å². The Morgan fingerprint density at radius 2 is 1.74 bits per heavy atom. The van der Waals surface area contributed by atoms with Crippen LogP contribution in [0.4, 0.5) is 0 Å². The third kappa shape index (κ3) is 7.89. The molecule has 0 aliphatic heterocycles. The van der Waals surface area contributed by atoms with E-state index in [2.05, 4.69) is 5.32 Å². The second-order valence-electron chi connectivity index (χ2n) is 7.81. The normalized spacial score (nSPS) is 12.8. The highest BCUT2D eigenvalue weighted by Gasteiger charge is 2.29. The minimum atomic E-state index is -0.489. The van der Waals surface area contributed by atoms with Crippen molar-refractivity contribution in [3.63, 3.8) is 0 Å². The highest BCUT2D eigenvalue weighted by Crippen LogP contribution is 2.20. The van der Waals surface area contributed by atoms with Crippen molar-refractivity contribution in [3.05, 3.63) is 70.2 Å². The number of carbonyl (C=O) groups is 2. The van der Waals surface area contributed by atoms with E-state index in [4.69, 9.17) is 11.6 Å². The molecule has 0 aliphatic carbocycles. The predicted octanol–water partition coefficient (Wildman–Crippen LogP) is 5.60. The number of hydrogen-bond acceptors (Lipinski definition) is 3. The fraction of sp³-hybridized carbons (Fsp3) is 0.440. The Morgan fingerprint density at radius 1 is 1.06 bits per heavy atom. The molecule has 0 unspecified atom stereocenters. The monoisotopic (exact) mass is 460 g/mol. The summed E-state index contributed by atoms with van der Waals surface area (Å²) in [7, 11) is 0. The quantitative estimate of drug-likeness (QED) is 0.474. The molecule has 0 saturated heterocycles. The summed E-state index contributed by atoms with van der Waals surface area (Å²) in [5, 5.41) is 3.75. The first-order valence-electron chi connectivity index (χ1n) is 10.8. The molecular weight excluding hydrogens is 428 g/mol. The molecule has 31 heavy (non-hydrogen) atoms. The van der Waals surface area contributed by atoms with Gasteiger partial charge in [-0.1, -0.05) is 61.8 Å². The highest BCUT2D eigenvalue weighted by atomic mass is 35.5. The molecule has 0 heterocycles. The predicted molar refractivity (Wildman–Crippen MR) is 131 cm³/mol. The first-order chi connectivity index (χ1) is 14.8. The summed E-state index contributed by atoms with van der Waals surface area (Å²) in [5.41, 5.74) is 3.30. The summed E-state index contributed by atoms with van der Waals surface area (Å²) in [6.07, 6.45) is 1.42. The zero-order valence-electron chi connectivity index (χ0n) is 18.9. The number of rotatable bonds is 11. The minimum Gasteiger partial charge on any atom is -0.352 e. The van der Waals surface area contributed by atoms with Crippen LogP contribution in [0.15, 0.2) is 48.5 Å². The molecule has 4 nitrogen and oxygen atoms in total. The van der Waals surface area contributed by atoms with Gasteiger partial charge in [-0.2, -0.15) is 0 Å². The number of hydrogen-bond donors (Lipinski definition) is 1. The summed E-state index contributed by atoms with van der Waals surface area (Å²) in [6, 6.07) is 15.3. The van der Waals surface area contributed by atoms with Crippen LogP contribution in [0.25, 0.3) is 0 Å². The number of benzene rings is 2. The molecule has 2 amide bonds. The van der Waals surface area contributed by atoms with E-state index < -0.39 is 6.04 Å². The molecule has 2 atom stereocenters. The van der Waals surface area contributed by atoms with Crippen molar-refractivity contribution in [3.8, 4) is 0 Å². The average molecular weight is 461 g/mol.